The van der Waals surface area contributed by atoms with Gasteiger partial charge < -0.3 is 25.8 Å². The summed E-state index contributed by atoms with van der Waals surface area (Å²) in [5.41, 5.74) is 2.91. The quantitative estimate of drug-likeness (QED) is 0.370. The number of anilines is 6. The number of amides is 3. The molecule has 1 heterocycles. The topological polar surface area (TPSA) is 106 Å². The molecule has 0 saturated carbocycles. The molecule has 10 nitrogen and oxygen atoms in total. The molecule has 10 heteroatoms. The molecule has 188 valence electrons. The summed E-state index contributed by atoms with van der Waals surface area (Å²) < 4.78 is 0. The number of carbonyl (C=O) groups is 2. The van der Waals surface area contributed by atoms with Crippen molar-refractivity contribution in [2.24, 2.45) is 0 Å². The minimum Gasteiger partial charge on any atom is -0.372 e. The van der Waals surface area contributed by atoms with Crippen molar-refractivity contribution in [1.82, 2.24) is 14.9 Å². The third-order valence-electron chi connectivity index (χ3n) is 5.33. The number of aromatic nitrogens is 2. The van der Waals surface area contributed by atoms with E-state index in [9.17, 15) is 9.59 Å². The lowest BCUT2D eigenvalue weighted by Crippen LogP contribution is -2.31. The smallest absolute Gasteiger partial charge is 0.327 e. The minimum absolute atomic E-state index is 0.301. The highest BCUT2D eigenvalue weighted by atomic mass is 16.2. The number of benzene rings is 2. The molecule has 2 aromatic carbocycles. The second-order valence-electron chi connectivity index (χ2n) is 8.39. The summed E-state index contributed by atoms with van der Waals surface area (Å²) in [4.78, 5) is 38.8. The maximum atomic E-state index is 12.6. The van der Waals surface area contributed by atoms with Gasteiger partial charge in [-0.3, -0.25) is 9.69 Å². The Kier molecular flexibility index (Phi) is 8.95. The van der Waals surface area contributed by atoms with Gasteiger partial charge in [0.05, 0.1) is 11.4 Å². The summed E-state index contributed by atoms with van der Waals surface area (Å²) in [6.07, 6.45) is 2.62. The van der Waals surface area contributed by atoms with E-state index in [0.29, 0.717) is 28.7 Å². The molecule has 3 N–H and O–H groups in total. The molecule has 0 saturated heterocycles. The number of urea groups is 1. The second kappa shape index (κ2) is 12.3. The van der Waals surface area contributed by atoms with E-state index in [2.05, 4.69) is 42.3 Å². The van der Waals surface area contributed by atoms with Crippen molar-refractivity contribution in [2.75, 3.05) is 67.0 Å². The van der Waals surface area contributed by atoms with Gasteiger partial charge in [-0.2, -0.15) is 0 Å². The summed E-state index contributed by atoms with van der Waals surface area (Å²) in [6.45, 7) is 5.19. The first-order chi connectivity index (χ1) is 17.3. The second-order valence-corrected chi connectivity index (χ2v) is 8.39. The van der Waals surface area contributed by atoms with Crippen molar-refractivity contribution in [2.45, 2.75) is 0 Å². The standard InChI is InChI=1S/C26H32N8O2/c1-6-25(35)31-21-16-20(12-13-22(21)33(4)15-14-32(2)3)29-23-17-24(28-18-27-23)34(5)26(36)30-19-10-8-7-9-11-19/h6-13,16-18H,1,14-15H2,2-5H3,(H,30,36)(H,31,35)(H,27,28,29). The summed E-state index contributed by atoms with van der Waals surface area (Å²) >= 11 is 0. The van der Waals surface area contributed by atoms with Gasteiger partial charge in [-0.05, 0) is 50.5 Å². The minimum atomic E-state index is -0.328. The number of nitrogens with one attached hydrogen (secondary N) is 3. The molecular weight excluding hydrogens is 456 g/mol. The number of carbonyl (C=O) groups excluding carboxylic acids is 2. The van der Waals surface area contributed by atoms with Crippen molar-refractivity contribution < 1.29 is 9.59 Å². The third kappa shape index (κ3) is 7.28. The SMILES string of the molecule is C=CC(=O)Nc1cc(Nc2cc(N(C)C(=O)Nc3ccccc3)ncn2)ccc1N(C)CCN(C)C. The monoisotopic (exact) mass is 488 g/mol. The fourth-order valence-electron chi connectivity index (χ4n) is 3.28. The van der Waals surface area contributed by atoms with E-state index in [1.165, 1.54) is 17.3 Å². The first kappa shape index (κ1) is 26.2. The molecule has 0 atom stereocenters. The fraction of sp³-hybridized carbons (Fsp3) is 0.231. The van der Waals surface area contributed by atoms with Crippen LogP contribution in [-0.2, 0) is 4.79 Å². The molecule has 1 aromatic heterocycles. The Bertz CT molecular complexity index is 1200. The summed E-state index contributed by atoms with van der Waals surface area (Å²) in [6, 6.07) is 16.2. The van der Waals surface area contributed by atoms with E-state index < -0.39 is 0 Å². The number of hydrogen-bond acceptors (Lipinski definition) is 7. The molecule has 0 radical (unpaired) electrons. The van der Waals surface area contributed by atoms with Crippen LogP contribution in [0.5, 0.6) is 0 Å². The molecule has 0 aliphatic rings. The van der Waals surface area contributed by atoms with Crippen LogP contribution in [0.4, 0.5) is 39.2 Å². The maximum Gasteiger partial charge on any atom is 0.327 e. The average Bonchev–Trinajstić information content (AvgIpc) is 2.87. The van der Waals surface area contributed by atoms with E-state index in [1.807, 2.05) is 69.7 Å². The van der Waals surface area contributed by atoms with Gasteiger partial charge in [0.25, 0.3) is 0 Å². The van der Waals surface area contributed by atoms with Crippen molar-refractivity contribution in [1.29, 1.82) is 0 Å². The van der Waals surface area contributed by atoms with E-state index in [-0.39, 0.29) is 11.9 Å². The van der Waals surface area contributed by atoms with Gasteiger partial charge in [-0.1, -0.05) is 24.8 Å². The number of nitrogens with zero attached hydrogens (tertiary/aromatic N) is 5. The van der Waals surface area contributed by atoms with Crippen LogP contribution in [-0.4, -0.2) is 68.1 Å². The summed E-state index contributed by atoms with van der Waals surface area (Å²) in [5, 5.41) is 8.92. The molecule has 3 rings (SSSR count). The van der Waals surface area contributed by atoms with Crippen LogP contribution in [0.2, 0.25) is 0 Å². The van der Waals surface area contributed by atoms with Gasteiger partial charge >= 0.3 is 6.03 Å². The molecule has 0 aliphatic carbocycles. The van der Waals surface area contributed by atoms with Crippen LogP contribution >= 0.6 is 0 Å². The highest BCUT2D eigenvalue weighted by Gasteiger charge is 2.15. The predicted octanol–water partition coefficient (Wildman–Crippen LogP) is 4.01. The molecule has 0 unspecified atom stereocenters. The first-order valence-corrected chi connectivity index (χ1v) is 11.4. The molecular formula is C26H32N8O2. The Morgan fingerprint density at radius 3 is 2.36 bits per heavy atom. The van der Waals surface area contributed by atoms with E-state index in [1.54, 1.807) is 13.1 Å². The largest absolute Gasteiger partial charge is 0.372 e. The lowest BCUT2D eigenvalue weighted by atomic mass is 10.2. The molecule has 0 spiro atoms. The molecule has 0 fully saturated rings. The lowest BCUT2D eigenvalue weighted by molar-refractivity contribution is -0.111. The van der Waals surface area contributed by atoms with Gasteiger partial charge in [0, 0.05) is 44.6 Å². The van der Waals surface area contributed by atoms with Gasteiger partial charge in [0.15, 0.2) is 0 Å². The zero-order chi connectivity index (χ0) is 26.1. The van der Waals surface area contributed by atoms with Crippen LogP contribution in [0.25, 0.3) is 0 Å². The predicted molar refractivity (Wildman–Crippen MR) is 146 cm³/mol. The van der Waals surface area contributed by atoms with Gasteiger partial charge in [-0.15, -0.1) is 0 Å². The van der Waals surface area contributed by atoms with Gasteiger partial charge in [0.1, 0.15) is 18.0 Å². The van der Waals surface area contributed by atoms with E-state index in [4.69, 9.17) is 0 Å². The number of para-hydroxylation sites is 1. The van der Waals surface area contributed by atoms with Crippen molar-refractivity contribution in [3.8, 4) is 0 Å². The number of likely N-dealkylation sites (N-methyl/N-ethyl adjacent to an activating group) is 2. The van der Waals surface area contributed by atoms with Crippen LogP contribution in [0.1, 0.15) is 0 Å². The Morgan fingerprint density at radius 2 is 1.67 bits per heavy atom. The first-order valence-electron chi connectivity index (χ1n) is 11.4. The number of hydrogen-bond donors (Lipinski definition) is 3. The zero-order valence-corrected chi connectivity index (χ0v) is 21.0. The van der Waals surface area contributed by atoms with E-state index in [0.717, 1.165) is 18.8 Å². The van der Waals surface area contributed by atoms with Gasteiger partial charge in [0.2, 0.25) is 5.91 Å². The highest BCUT2D eigenvalue weighted by Crippen LogP contribution is 2.30. The lowest BCUT2D eigenvalue weighted by Gasteiger charge is -2.25. The maximum absolute atomic E-state index is 12.6. The molecule has 0 aliphatic heterocycles. The molecule has 0 bridgehead atoms. The Hall–Kier alpha value is -4.44. The van der Waals surface area contributed by atoms with Crippen molar-refractivity contribution in [3.05, 3.63) is 73.6 Å². The van der Waals surface area contributed by atoms with Crippen LogP contribution < -0.4 is 25.8 Å². The Labute approximate surface area is 211 Å². The van der Waals surface area contributed by atoms with Crippen LogP contribution in [0.3, 0.4) is 0 Å². The summed E-state index contributed by atoms with van der Waals surface area (Å²) in [7, 11) is 7.63. The average molecular weight is 489 g/mol. The third-order valence-corrected chi connectivity index (χ3v) is 5.33. The van der Waals surface area contributed by atoms with Crippen LogP contribution in [0.15, 0.2) is 73.6 Å². The van der Waals surface area contributed by atoms with Gasteiger partial charge in [-0.25, -0.2) is 14.8 Å². The summed E-state index contributed by atoms with van der Waals surface area (Å²) in [5.74, 6) is 0.611. The Balaban J connectivity index is 1.78. The number of rotatable bonds is 10. The normalized spacial score (nSPS) is 10.5. The molecule has 36 heavy (non-hydrogen) atoms. The molecule has 3 amide bonds. The van der Waals surface area contributed by atoms with Crippen LogP contribution in [0, 0.1) is 0 Å². The zero-order valence-electron chi connectivity index (χ0n) is 21.0. The van der Waals surface area contributed by atoms with Crippen molar-refractivity contribution in [3.63, 3.8) is 0 Å². The van der Waals surface area contributed by atoms with Crippen molar-refractivity contribution >= 4 is 46.3 Å². The highest BCUT2D eigenvalue weighted by molar-refractivity contribution is 6.02. The fourth-order valence-corrected chi connectivity index (χ4v) is 3.28. The molecule has 3 aromatic rings. The Morgan fingerprint density at radius 1 is 0.917 bits per heavy atom. The van der Waals surface area contributed by atoms with E-state index >= 15 is 0 Å².